The van der Waals surface area contributed by atoms with Crippen LogP contribution in [0.2, 0.25) is 0 Å². The molecule has 9 heteroatoms. The Labute approximate surface area is 131 Å². The molecule has 5 nitrogen and oxygen atoms in total. The minimum absolute atomic E-state index is 0.192. The summed E-state index contributed by atoms with van der Waals surface area (Å²) in [6.07, 6.45) is -1.38. The Kier molecular flexibility index (Phi) is 4.19. The van der Waals surface area contributed by atoms with E-state index in [-0.39, 0.29) is 15.7 Å². The van der Waals surface area contributed by atoms with Crippen LogP contribution < -0.4 is 10.9 Å². The van der Waals surface area contributed by atoms with E-state index in [1.165, 1.54) is 30.9 Å². The second-order valence-corrected chi connectivity index (χ2v) is 5.55. The zero-order valence-electron chi connectivity index (χ0n) is 11.5. The number of hydrogen-bond donors (Lipinski definition) is 1. The molecule has 0 atom stereocenters. The number of carbonyl (C=O) groups excluding carboxylic acids is 1. The largest absolute Gasteiger partial charge is 0.418 e. The third kappa shape index (κ3) is 3.24. The van der Waals surface area contributed by atoms with Crippen molar-refractivity contribution in [3.8, 4) is 0 Å². The Hall–Kier alpha value is -2.03. The van der Waals surface area contributed by atoms with Crippen molar-refractivity contribution in [1.82, 2.24) is 9.13 Å². The van der Waals surface area contributed by atoms with Gasteiger partial charge in [-0.3, -0.25) is 9.59 Å². The molecule has 22 heavy (non-hydrogen) atoms. The van der Waals surface area contributed by atoms with E-state index < -0.39 is 23.2 Å². The number of nitrogens with zero attached hydrogens (tertiary/aromatic N) is 2. The van der Waals surface area contributed by atoms with Gasteiger partial charge in [-0.1, -0.05) is 0 Å². The summed E-state index contributed by atoms with van der Waals surface area (Å²) in [7, 11) is 2.86. The Morgan fingerprint density at radius 2 is 1.86 bits per heavy atom. The van der Waals surface area contributed by atoms with Gasteiger partial charge in [0.25, 0.3) is 11.5 Å². The van der Waals surface area contributed by atoms with Gasteiger partial charge in [-0.25, -0.2) is 0 Å². The summed E-state index contributed by atoms with van der Waals surface area (Å²) in [4.78, 5) is 23.6. The second-order valence-electron chi connectivity index (χ2n) is 4.70. The lowest BCUT2D eigenvalue weighted by Crippen LogP contribution is -2.20. The molecule has 0 aliphatic heterocycles. The van der Waals surface area contributed by atoms with Crippen molar-refractivity contribution in [3.63, 3.8) is 0 Å². The maximum Gasteiger partial charge on any atom is 0.418 e. The summed E-state index contributed by atoms with van der Waals surface area (Å²) in [6.45, 7) is 0. The lowest BCUT2D eigenvalue weighted by Gasteiger charge is -2.10. The zero-order chi connectivity index (χ0) is 16.7. The number of amides is 1. The molecule has 0 spiro atoms. The summed E-state index contributed by atoms with van der Waals surface area (Å²) in [5, 5.41) is 2.35. The first-order valence-corrected chi connectivity index (χ1v) is 6.79. The Morgan fingerprint density at radius 1 is 1.23 bits per heavy atom. The summed E-state index contributed by atoms with van der Waals surface area (Å²) >= 11 is 3.02. The highest BCUT2D eigenvalue weighted by atomic mass is 79.9. The standard InChI is InChI=1S/C13H11BrF3N3O2/c1-19-5-8(9(6-19)13(15,16)17)11(21)18-7-3-10(14)12(22)20(2)4-7/h3-6H,1-2H3,(H,18,21). The number of alkyl halides is 3. The highest BCUT2D eigenvalue weighted by Crippen LogP contribution is 2.32. The number of carbonyl (C=O) groups is 1. The molecule has 2 heterocycles. The summed E-state index contributed by atoms with van der Waals surface area (Å²) in [6, 6.07) is 1.33. The minimum Gasteiger partial charge on any atom is -0.356 e. The fourth-order valence-electron chi connectivity index (χ4n) is 1.93. The first-order chi connectivity index (χ1) is 10.1. The Morgan fingerprint density at radius 3 is 2.41 bits per heavy atom. The lowest BCUT2D eigenvalue weighted by molar-refractivity contribution is -0.137. The van der Waals surface area contributed by atoms with Crippen LogP contribution in [0.25, 0.3) is 0 Å². The summed E-state index contributed by atoms with van der Waals surface area (Å²) in [5.74, 6) is -0.904. The molecule has 0 aliphatic carbocycles. The molecule has 2 rings (SSSR count). The molecule has 1 amide bonds. The SMILES string of the molecule is Cn1cc(C(=O)Nc2cc(Br)c(=O)n(C)c2)c(C(F)(F)F)c1. The van der Waals surface area contributed by atoms with Crippen molar-refractivity contribution in [2.75, 3.05) is 5.32 Å². The number of rotatable bonds is 2. The van der Waals surface area contributed by atoms with Crippen molar-refractivity contribution >= 4 is 27.5 Å². The number of anilines is 1. The number of aromatic nitrogens is 2. The van der Waals surface area contributed by atoms with Gasteiger partial charge >= 0.3 is 6.18 Å². The predicted octanol–water partition coefficient (Wildman–Crippen LogP) is 2.76. The van der Waals surface area contributed by atoms with Crippen molar-refractivity contribution < 1.29 is 18.0 Å². The van der Waals surface area contributed by atoms with Crippen LogP contribution in [0.3, 0.4) is 0 Å². The van der Waals surface area contributed by atoms with Crippen LogP contribution in [-0.4, -0.2) is 15.0 Å². The maximum absolute atomic E-state index is 12.9. The lowest BCUT2D eigenvalue weighted by atomic mass is 10.2. The van der Waals surface area contributed by atoms with Gasteiger partial charge < -0.3 is 14.5 Å². The summed E-state index contributed by atoms with van der Waals surface area (Å²) in [5.41, 5.74) is -1.62. The van der Waals surface area contributed by atoms with Crippen LogP contribution in [0.5, 0.6) is 0 Å². The number of pyridine rings is 1. The molecular weight excluding hydrogens is 367 g/mol. The molecule has 0 saturated heterocycles. The van der Waals surface area contributed by atoms with Gasteiger partial charge in [-0.15, -0.1) is 0 Å². The monoisotopic (exact) mass is 377 g/mol. The highest BCUT2D eigenvalue weighted by molar-refractivity contribution is 9.10. The van der Waals surface area contributed by atoms with Crippen LogP contribution in [0.1, 0.15) is 15.9 Å². The number of halogens is 4. The fourth-order valence-corrected chi connectivity index (χ4v) is 2.45. The number of nitrogens with one attached hydrogen (secondary N) is 1. The second kappa shape index (κ2) is 5.64. The van der Waals surface area contributed by atoms with Crippen LogP contribution in [-0.2, 0) is 20.3 Å². The van der Waals surface area contributed by atoms with Crippen LogP contribution in [0.15, 0.2) is 33.9 Å². The molecule has 118 valence electrons. The minimum atomic E-state index is -4.63. The molecule has 0 unspecified atom stereocenters. The van der Waals surface area contributed by atoms with Gasteiger partial charge in [0, 0.05) is 32.7 Å². The third-order valence-electron chi connectivity index (χ3n) is 2.90. The van der Waals surface area contributed by atoms with E-state index in [1.54, 1.807) is 0 Å². The first kappa shape index (κ1) is 16.3. The van der Waals surface area contributed by atoms with Gasteiger partial charge in [0.05, 0.1) is 21.3 Å². The normalized spacial score (nSPS) is 11.5. The Bertz CT molecular complexity index is 767. The van der Waals surface area contributed by atoms with Gasteiger partial charge in [0.1, 0.15) is 0 Å². The molecular formula is C13H11BrF3N3O2. The van der Waals surface area contributed by atoms with E-state index in [0.717, 1.165) is 17.0 Å². The highest BCUT2D eigenvalue weighted by Gasteiger charge is 2.36. The van der Waals surface area contributed by atoms with E-state index in [1.807, 2.05) is 0 Å². The quantitative estimate of drug-likeness (QED) is 0.874. The van der Waals surface area contributed by atoms with Gasteiger partial charge in [0.15, 0.2) is 0 Å². The molecule has 0 fully saturated rings. The van der Waals surface area contributed by atoms with Crippen molar-refractivity contribution in [1.29, 1.82) is 0 Å². The van der Waals surface area contributed by atoms with Crippen molar-refractivity contribution in [2.24, 2.45) is 14.1 Å². The Balaban J connectivity index is 2.37. The van der Waals surface area contributed by atoms with Crippen LogP contribution >= 0.6 is 15.9 Å². The molecule has 0 saturated carbocycles. The number of aryl methyl sites for hydroxylation is 2. The molecule has 0 aliphatic rings. The average Bonchev–Trinajstić information content (AvgIpc) is 2.78. The van der Waals surface area contributed by atoms with Crippen molar-refractivity contribution in [2.45, 2.75) is 6.18 Å². The van der Waals surface area contributed by atoms with E-state index in [0.29, 0.717) is 0 Å². The average molecular weight is 378 g/mol. The van der Waals surface area contributed by atoms with Crippen LogP contribution in [0.4, 0.5) is 18.9 Å². The third-order valence-corrected chi connectivity index (χ3v) is 3.47. The zero-order valence-corrected chi connectivity index (χ0v) is 13.1. The van der Waals surface area contributed by atoms with E-state index in [4.69, 9.17) is 0 Å². The number of hydrogen-bond acceptors (Lipinski definition) is 2. The van der Waals surface area contributed by atoms with Gasteiger partial charge in [0.2, 0.25) is 0 Å². The fraction of sp³-hybridized carbons (Fsp3) is 0.231. The smallest absolute Gasteiger partial charge is 0.356 e. The van der Waals surface area contributed by atoms with E-state index in [2.05, 4.69) is 21.2 Å². The maximum atomic E-state index is 12.9. The molecule has 0 bridgehead atoms. The molecule has 1 N–H and O–H groups in total. The predicted molar refractivity (Wildman–Crippen MR) is 77.8 cm³/mol. The van der Waals surface area contributed by atoms with Crippen LogP contribution in [0, 0.1) is 0 Å². The van der Waals surface area contributed by atoms with Gasteiger partial charge in [-0.2, -0.15) is 13.2 Å². The van der Waals surface area contributed by atoms with E-state index >= 15 is 0 Å². The van der Waals surface area contributed by atoms with Gasteiger partial charge in [-0.05, 0) is 22.0 Å². The molecule has 2 aromatic rings. The molecule has 0 radical (unpaired) electrons. The topological polar surface area (TPSA) is 56.0 Å². The summed E-state index contributed by atoms with van der Waals surface area (Å²) < 4.78 is 41.2. The molecule has 0 aromatic carbocycles. The first-order valence-electron chi connectivity index (χ1n) is 6.00. The van der Waals surface area contributed by atoms with Crippen molar-refractivity contribution in [3.05, 3.63) is 50.6 Å². The molecule has 2 aromatic heterocycles. The van der Waals surface area contributed by atoms with E-state index in [9.17, 15) is 22.8 Å².